The predicted molar refractivity (Wildman–Crippen MR) is 167 cm³/mol. The van der Waals surface area contributed by atoms with Crippen molar-refractivity contribution in [1.29, 1.82) is 0 Å². The summed E-state index contributed by atoms with van der Waals surface area (Å²) in [4.78, 5) is 51.7. The highest BCUT2D eigenvalue weighted by atomic mass is 16.5. The lowest BCUT2D eigenvalue weighted by Crippen LogP contribution is -2.59. The number of nitrogens with one attached hydrogen (secondary N) is 1. The Morgan fingerprint density at radius 1 is 1.02 bits per heavy atom. The molecule has 1 aromatic carbocycles. The summed E-state index contributed by atoms with van der Waals surface area (Å²) in [7, 11) is 0. The van der Waals surface area contributed by atoms with E-state index in [4.69, 9.17) is 14.1 Å². The van der Waals surface area contributed by atoms with Crippen LogP contribution in [0.4, 0.5) is 17.3 Å². The zero-order valence-electron chi connectivity index (χ0n) is 24.9. The average Bonchev–Trinajstić information content (AvgIpc) is 3.42. The van der Waals surface area contributed by atoms with Crippen LogP contribution >= 0.6 is 0 Å². The Balaban J connectivity index is 1.08. The van der Waals surface area contributed by atoms with Crippen molar-refractivity contribution in [3.63, 3.8) is 0 Å². The molecular weight excluding hydrogens is 574 g/mol. The van der Waals surface area contributed by atoms with E-state index in [0.29, 0.717) is 58.3 Å². The van der Waals surface area contributed by atoms with Crippen molar-refractivity contribution >= 4 is 35.1 Å². The maximum atomic E-state index is 13.7. The molecule has 11 heteroatoms. The molecule has 1 spiro atoms. The summed E-state index contributed by atoms with van der Waals surface area (Å²) in [5.74, 6) is -0.318. The van der Waals surface area contributed by atoms with Gasteiger partial charge in [0, 0.05) is 67.5 Å². The number of carbonyl (C=O) groups is 3. The van der Waals surface area contributed by atoms with E-state index in [2.05, 4.69) is 15.2 Å². The molecule has 7 rings (SSSR count). The van der Waals surface area contributed by atoms with Gasteiger partial charge in [0.2, 0.25) is 5.76 Å². The molecule has 0 unspecified atom stereocenters. The summed E-state index contributed by atoms with van der Waals surface area (Å²) in [5.41, 5.74) is 4.00. The first-order valence-corrected chi connectivity index (χ1v) is 15.2. The maximum absolute atomic E-state index is 13.7. The third-order valence-electron chi connectivity index (χ3n) is 9.03. The number of benzene rings is 1. The summed E-state index contributed by atoms with van der Waals surface area (Å²) in [6.07, 6.45) is 6.65. The first kappa shape index (κ1) is 28.7. The lowest BCUT2D eigenvalue weighted by Gasteiger charge is -2.53. The maximum Gasteiger partial charge on any atom is 0.371 e. The molecule has 6 heterocycles. The van der Waals surface area contributed by atoms with E-state index in [-0.39, 0.29) is 23.0 Å². The minimum absolute atomic E-state index is 0.148. The average molecular weight is 608 g/mol. The summed E-state index contributed by atoms with van der Waals surface area (Å²) in [6, 6.07) is 13.7. The Morgan fingerprint density at radius 2 is 1.80 bits per heavy atom. The normalized spacial score (nSPS) is 16.7. The number of hydrogen-bond donors (Lipinski definition) is 2. The Bertz CT molecular complexity index is 1790. The lowest BCUT2D eigenvalue weighted by molar-refractivity contribution is -0.000512. The molecule has 3 aliphatic heterocycles. The van der Waals surface area contributed by atoms with Crippen molar-refractivity contribution in [1.82, 2.24) is 9.97 Å². The quantitative estimate of drug-likeness (QED) is 0.308. The smallest absolute Gasteiger partial charge is 0.371 e. The molecule has 11 nitrogen and oxygen atoms in total. The van der Waals surface area contributed by atoms with Crippen molar-refractivity contribution < 1.29 is 28.6 Å². The number of aromatic nitrogens is 2. The van der Waals surface area contributed by atoms with Gasteiger partial charge in [-0.2, -0.15) is 0 Å². The second kappa shape index (κ2) is 11.5. The van der Waals surface area contributed by atoms with Crippen LogP contribution in [0.5, 0.6) is 0 Å². The van der Waals surface area contributed by atoms with E-state index >= 15 is 0 Å². The number of aromatic carboxylic acids is 1. The molecule has 2 saturated heterocycles. The molecule has 0 aliphatic carbocycles. The van der Waals surface area contributed by atoms with Gasteiger partial charge in [0.1, 0.15) is 17.4 Å². The second-order valence-corrected chi connectivity index (χ2v) is 11.9. The third-order valence-corrected chi connectivity index (χ3v) is 9.03. The zero-order chi connectivity index (χ0) is 31.1. The molecule has 0 atom stereocenters. The van der Waals surface area contributed by atoms with Crippen molar-refractivity contribution in [2.24, 2.45) is 5.41 Å². The summed E-state index contributed by atoms with van der Waals surface area (Å²) in [6.45, 7) is 5.61. The van der Waals surface area contributed by atoms with Gasteiger partial charge in [-0.1, -0.05) is 6.92 Å². The van der Waals surface area contributed by atoms with E-state index in [1.807, 2.05) is 19.2 Å². The number of carboxylic acids is 1. The van der Waals surface area contributed by atoms with Crippen LogP contribution in [-0.2, 0) is 17.6 Å². The summed E-state index contributed by atoms with van der Waals surface area (Å²) >= 11 is 0. The topological polar surface area (TPSA) is 138 Å². The lowest BCUT2D eigenvalue weighted by atomic mass is 9.73. The number of aryl methyl sites for hydroxylation is 1. The Hall–Kier alpha value is -5.03. The van der Waals surface area contributed by atoms with Gasteiger partial charge >= 0.3 is 5.97 Å². The van der Waals surface area contributed by atoms with E-state index in [1.165, 1.54) is 6.07 Å². The molecule has 2 amide bonds. The van der Waals surface area contributed by atoms with Crippen LogP contribution in [0, 0.1) is 5.41 Å². The Kier molecular flexibility index (Phi) is 7.33. The molecule has 0 bridgehead atoms. The van der Waals surface area contributed by atoms with Crippen LogP contribution in [-0.4, -0.2) is 65.7 Å². The van der Waals surface area contributed by atoms with Gasteiger partial charge in [-0.25, -0.2) is 14.8 Å². The first-order chi connectivity index (χ1) is 21.8. The van der Waals surface area contributed by atoms with Crippen molar-refractivity contribution in [3.8, 4) is 11.3 Å². The fourth-order valence-corrected chi connectivity index (χ4v) is 6.47. The Labute approximate surface area is 259 Å². The van der Waals surface area contributed by atoms with Crippen molar-refractivity contribution in [2.75, 3.05) is 48.0 Å². The van der Waals surface area contributed by atoms with E-state index in [0.717, 1.165) is 51.1 Å². The van der Waals surface area contributed by atoms with Crippen LogP contribution in [0.1, 0.15) is 62.2 Å². The molecule has 3 aromatic heterocycles. The molecule has 2 N–H and O–H groups in total. The number of hydrogen-bond acceptors (Lipinski definition) is 8. The molecular formula is C34H33N5O6. The third kappa shape index (κ3) is 5.33. The molecule has 2 fully saturated rings. The van der Waals surface area contributed by atoms with Crippen LogP contribution in [0.15, 0.2) is 65.3 Å². The van der Waals surface area contributed by atoms with Crippen LogP contribution in [0.3, 0.4) is 0 Å². The largest absolute Gasteiger partial charge is 0.475 e. The second-order valence-electron chi connectivity index (χ2n) is 11.9. The number of carbonyl (C=O) groups excluding carboxylic acids is 2. The standard InChI is InChI=1S/C34H33N5O6/c1-2-21-16-26(29(36-18-21)38-19-34(20-38)10-14-44-15-11-34)31(40)37-24-7-5-22(6-8-24)32(41)39-13-9-23-17-27(33(42)43)45-28(23)25-4-3-12-35-30(25)39/h3-8,12,16-18H,2,9-11,13-15,19-20H2,1H3,(H,37,40)(H,42,43). The fraction of sp³-hybridized carbons (Fsp3) is 0.324. The number of ether oxygens (including phenoxy) is 1. The highest BCUT2D eigenvalue weighted by Crippen LogP contribution is 2.42. The van der Waals surface area contributed by atoms with Crippen LogP contribution in [0.2, 0.25) is 0 Å². The van der Waals surface area contributed by atoms with Gasteiger partial charge in [0.05, 0.1) is 11.1 Å². The number of anilines is 3. The van der Waals surface area contributed by atoms with Crippen LogP contribution in [0.25, 0.3) is 11.3 Å². The molecule has 230 valence electrons. The monoisotopic (exact) mass is 607 g/mol. The SMILES string of the molecule is CCc1cnc(N2CC3(CCOCC3)C2)c(C(=O)Nc2ccc(C(=O)N3CCc4cc(C(=O)O)oc4-c4cccnc43)cc2)c1. The van der Waals surface area contributed by atoms with Gasteiger partial charge in [0.25, 0.3) is 11.8 Å². The van der Waals surface area contributed by atoms with E-state index < -0.39 is 5.97 Å². The minimum atomic E-state index is -1.15. The number of carboxylic acid groups (broad SMARTS) is 1. The highest BCUT2D eigenvalue weighted by molar-refractivity contribution is 6.09. The Morgan fingerprint density at radius 3 is 2.53 bits per heavy atom. The fourth-order valence-electron chi connectivity index (χ4n) is 6.47. The number of furan rings is 1. The van der Waals surface area contributed by atoms with Gasteiger partial charge in [-0.15, -0.1) is 0 Å². The summed E-state index contributed by atoms with van der Waals surface area (Å²) in [5, 5.41) is 12.4. The van der Waals surface area contributed by atoms with Crippen LogP contribution < -0.4 is 15.1 Å². The first-order valence-electron chi connectivity index (χ1n) is 15.2. The minimum Gasteiger partial charge on any atom is -0.475 e. The molecule has 45 heavy (non-hydrogen) atoms. The van der Waals surface area contributed by atoms with E-state index in [9.17, 15) is 19.5 Å². The number of amides is 2. The van der Waals surface area contributed by atoms with Gasteiger partial charge in [0.15, 0.2) is 0 Å². The summed E-state index contributed by atoms with van der Waals surface area (Å²) < 4.78 is 11.2. The highest BCUT2D eigenvalue weighted by Gasteiger charge is 2.45. The van der Waals surface area contributed by atoms with Crippen molar-refractivity contribution in [3.05, 3.63) is 88.9 Å². The zero-order valence-corrected chi connectivity index (χ0v) is 24.9. The predicted octanol–water partition coefficient (Wildman–Crippen LogP) is 5.07. The van der Waals surface area contributed by atoms with Gasteiger partial charge in [-0.3, -0.25) is 14.5 Å². The molecule has 0 saturated carbocycles. The molecule has 0 radical (unpaired) electrons. The van der Waals surface area contributed by atoms with Crippen molar-refractivity contribution in [2.45, 2.75) is 32.6 Å². The number of nitrogens with zero attached hydrogens (tertiary/aromatic N) is 4. The molecule has 3 aliphatic rings. The number of fused-ring (bicyclic) bond motifs is 3. The van der Waals surface area contributed by atoms with Gasteiger partial charge < -0.3 is 24.5 Å². The number of rotatable bonds is 6. The number of pyridine rings is 2. The van der Waals surface area contributed by atoms with Gasteiger partial charge in [-0.05, 0) is 79.8 Å². The van der Waals surface area contributed by atoms with E-state index in [1.54, 1.807) is 47.5 Å². The molecule has 4 aromatic rings.